The zero-order chi connectivity index (χ0) is 14.2. The van der Waals surface area contributed by atoms with Crippen molar-refractivity contribution >= 4 is 27.7 Å². The molecule has 4 rings (SSSR count). The molecule has 2 aliphatic rings. The summed E-state index contributed by atoms with van der Waals surface area (Å²) in [6, 6.07) is 7.71. The van der Waals surface area contributed by atoms with Gasteiger partial charge in [-0.2, -0.15) is 0 Å². The first-order chi connectivity index (χ1) is 10.3. The quantitative estimate of drug-likeness (QED) is 0.851. The molecule has 0 amide bonds. The highest BCUT2D eigenvalue weighted by atomic mass is 79.9. The number of hydrogen-bond acceptors (Lipinski definition) is 5. The van der Waals surface area contributed by atoms with E-state index in [0.717, 1.165) is 27.1 Å². The fourth-order valence-corrected chi connectivity index (χ4v) is 3.73. The molecular formula is C14H16BrN5S. The van der Waals surface area contributed by atoms with Crippen molar-refractivity contribution in [3.8, 4) is 0 Å². The zero-order valence-electron chi connectivity index (χ0n) is 11.5. The van der Waals surface area contributed by atoms with E-state index in [2.05, 4.69) is 55.0 Å². The standard InChI is InChI=1S/C14H16BrN5S/c15-13-7-12(6-1-9(13)8-16-10-2-3-10)21-14-17-18-19-20(14)11-4-5-11/h1,6-7,10-11,16H,2-5,8H2. The van der Waals surface area contributed by atoms with Gasteiger partial charge in [0.2, 0.25) is 5.16 Å². The Morgan fingerprint density at radius 1 is 1.29 bits per heavy atom. The van der Waals surface area contributed by atoms with E-state index >= 15 is 0 Å². The number of benzene rings is 1. The van der Waals surface area contributed by atoms with Crippen LogP contribution in [0.4, 0.5) is 0 Å². The first-order valence-corrected chi connectivity index (χ1v) is 8.88. The molecule has 7 heteroatoms. The Kier molecular flexibility index (Phi) is 3.72. The molecule has 1 heterocycles. The van der Waals surface area contributed by atoms with Crippen molar-refractivity contribution in [2.45, 2.75) is 54.4 Å². The zero-order valence-corrected chi connectivity index (χ0v) is 13.9. The van der Waals surface area contributed by atoms with Crippen LogP contribution in [-0.2, 0) is 6.54 Å². The van der Waals surface area contributed by atoms with Crippen molar-refractivity contribution < 1.29 is 0 Å². The third-order valence-electron chi connectivity index (χ3n) is 3.75. The van der Waals surface area contributed by atoms with E-state index in [1.807, 2.05) is 4.68 Å². The lowest BCUT2D eigenvalue weighted by atomic mass is 10.2. The van der Waals surface area contributed by atoms with Crippen LogP contribution in [0.15, 0.2) is 32.7 Å². The molecule has 0 radical (unpaired) electrons. The molecule has 21 heavy (non-hydrogen) atoms. The summed E-state index contributed by atoms with van der Waals surface area (Å²) in [6.07, 6.45) is 5.01. The molecular weight excluding hydrogens is 350 g/mol. The highest BCUT2D eigenvalue weighted by molar-refractivity contribution is 9.10. The topological polar surface area (TPSA) is 55.6 Å². The molecule has 1 aromatic heterocycles. The Labute approximate surface area is 136 Å². The second-order valence-corrected chi connectivity index (χ2v) is 7.54. The van der Waals surface area contributed by atoms with Crippen LogP contribution in [0.2, 0.25) is 0 Å². The smallest absolute Gasteiger partial charge is 0.214 e. The van der Waals surface area contributed by atoms with Crippen LogP contribution >= 0.6 is 27.7 Å². The summed E-state index contributed by atoms with van der Waals surface area (Å²) in [5, 5.41) is 16.4. The van der Waals surface area contributed by atoms with Gasteiger partial charge in [0, 0.05) is 22.0 Å². The first-order valence-electron chi connectivity index (χ1n) is 7.27. The van der Waals surface area contributed by atoms with Crippen LogP contribution in [0, 0.1) is 0 Å². The van der Waals surface area contributed by atoms with Crippen LogP contribution in [0.5, 0.6) is 0 Å². The lowest BCUT2D eigenvalue weighted by molar-refractivity contribution is 0.565. The average molecular weight is 366 g/mol. The maximum atomic E-state index is 4.13. The van der Waals surface area contributed by atoms with Gasteiger partial charge >= 0.3 is 0 Å². The summed E-state index contributed by atoms with van der Waals surface area (Å²) in [7, 11) is 0. The molecule has 2 aromatic rings. The molecule has 0 aliphatic heterocycles. The van der Waals surface area contributed by atoms with E-state index < -0.39 is 0 Å². The van der Waals surface area contributed by atoms with Crippen molar-refractivity contribution in [2.75, 3.05) is 0 Å². The maximum absolute atomic E-state index is 4.13. The number of tetrazole rings is 1. The predicted octanol–water partition coefficient (Wildman–Crippen LogP) is 3.17. The van der Waals surface area contributed by atoms with Gasteiger partial charge in [-0.1, -0.05) is 22.0 Å². The molecule has 0 spiro atoms. The van der Waals surface area contributed by atoms with Crippen LogP contribution in [0.1, 0.15) is 37.3 Å². The Morgan fingerprint density at radius 2 is 2.14 bits per heavy atom. The predicted molar refractivity (Wildman–Crippen MR) is 84.2 cm³/mol. The molecule has 1 N–H and O–H groups in total. The highest BCUT2D eigenvalue weighted by Crippen LogP contribution is 2.38. The van der Waals surface area contributed by atoms with E-state index in [0.29, 0.717) is 6.04 Å². The Morgan fingerprint density at radius 3 is 2.86 bits per heavy atom. The van der Waals surface area contributed by atoms with Crippen LogP contribution in [-0.4, -0.2) is 26.2 Å². The SMILES string of the molecule is Brc1cc(Sc2nnnn2C2CC2)ccc1CNC1CC1. The van der Waals surface area contributed by atoms with Gasteiger partial charge < -0.3 is 5.32 Å². The van der Waals surface area contributed by atoms with Crippen LogP contribution in [0.3, 0.4) is 0 Å². The fourth-order valence-electron chi connectivity index (χ4n) is 2.18. The monoisotopic (exact) mass is 365 g/mol. The third kappa shape index (κ3) is 3.30. The number of halogens is 1. The van der Waals surface area contributed by atoms with Gasteiger partial charge in [-0.05, 0) is 65.6 Å². The number of hydrogen-bond donors (Lipinski definition) is 1. The van der Waals surface area contributed by atoms with Gasteiger partial charge in [0.05, 0.1) is 6.04 Å². The molecule has 5 nitrogen and oxygen atoms in total. The van der Waals surface area contributed by atoms with E-state index in [4.69, 9.17) is 0 Å². The first kappa shape index (κ1) is 13.7. The molecule has 110 valence electrons. The van der Waals surface area contributed by atoms with Crippen molar-refractivity contribution in [3.05, 3.63) is 28.2 Å². The van der Waals surface area contributed by atoms with E-state index in [9.17, 15) is 0 Å². The highest BCUT2D eigenvalue weighted by Gasteiger charge is 2.28. The Bertz CT molecular complexity index is 651. The van der Waals surface area contributed by atoms with Crippen molar-refractivity contribution in [1.29, 1.82) is 0 Å². The largest absolute Gasteiger partial charge is 0.310 e. The van der Waals surface area contributed by atoms with Gasteiger partial charge in [-0.3, -0.25) is 0 Å². The summed E-state index contributed by atoms with van der Waals surface area (Å²) >= 11 is 5.30. The maximum Gasteiger partial charge on any atom is 0.214 e. The number of aromatic nitrogens is 4. The Balaban J connectivity index is 1.46. The summed E-state index contributed by atoms with van der Waals surface area (Å²) < 4.78 is 3.09. The van der Waals surface area contributed by atoms with Crippen molar-refractivity contribution in [3.63, 3.8) is 0 Å². The number of nitrogens with one attached hydrogen (secondary N) is 1. The average Bonchev–Trinajstić information content (AvgIpc) is 3.39. The minimum absolute atomic E-state index is 0.507. The molecule has 2 saturated carbocycles. The summed E-state index contributed by atoms with van der Waals surface area (Å²) in [5.74, 6) is 0. The van der Waals surface area contributed by atoms with Crippen LogP contribution < -0.4 is 5.32 Å². The third-order valence-corrected chi connectivity index (χ3v) is 5.43. The molecule has 2 aliphatic carbocycles. The number of nitrogens with zero attached hydrogens (tertiary/aromatic N) is 4. The lowest BCUT2D eigenvalue weighted by Gasteiger charge is -2.08. The summed E-state index contributed by atoms with van der Waals surface area (Å²) in [6.45, 7) is 0.927. The molecule has 0 saturated heterocycles. The normalized spacial score (nSPS) is 18.1. The summed E-state index contributed by atoms with van der Waals surface area (Å²) in [5.41, 5.74) is 1.30. The molecule has 0 bridgehead atoms. The van der Waals surface area contributed by atoms with Crippen molar-refractivity contribution in [1.82, 2.24) is 25.5 Å². The van der Waals surface area contributed by atoms with E-state index in [-0.39, 0.29) is 0 Å². The van der Waals surface area contributed by atoms with Crippen LogP contribution in [0.25, 0.3) is 0 Å². The van der Waals surface area contributed by atoms with Crippen molar-refractivity contribution in [2.24, 2.45) is 0 Å². The fraction of sp³-hybridized carbons (Fsp3) is 0.500. The minimum atomic E-state index is 0.507. The van der Waals surface area contributed by atoms with Gasteiger partial charge in [0.25, 0.3) is 0 Å². The summed E-state index contributed by atoms with van der Waals surface area (Å²) in [4.78, 5) is 1.16. The minimum Gasteiger partial charge on any atom is -0.310 e. The number of rotatable bonds is 6. The van der Waals surface area contributed by atoms with E-state index in [1.54, 1.807) is 11.8 Å². The Hall–Kier alpha value is -0.920. The van der Waals surface area contributed by atoms with Gasteiger partial charge in [0.1, 0.15) is 0 Å². The second-order valence-electron chi connectivity index (χ2n) is 5.65. The van der Waals surface area contributed by atoms with Gasteiger partial charge in [-0.15, -0.1) is 5.10 Å². The molecule has 0 atom stereocenters. The molecule has 1 aromatic carbocycles. The van der Waals surface area contributed by atoms with Gasteiger partial charge in [0.15, 0.2) is 0 Å². The van der Waals surface area contributed by atoms with Gasteiger partial charge in [-0.25, -0.2) is 4.68 Å². The lowest BCUT2D eigenvalue weighted by Crippen LogP contribution is -2.15. The molecule has 2 fully saturated rings. The second kappa shape index (κ2) is 5.70. The van der Waals surface area contributed by atoms with E-state index in [1.165, 1.54) is 31.2 Å². The molecule has 0 unspecified atom stereocenters.